The maximum Gasteiger partial charge on any atom is 0.0846 e. The molecule has 2 rings (SSSR count). The second kappa shape index (κ2) is 2.93. The molecule has 0 amide bonds. The van der Waals surface area contributed by atoms with E-state index in [0.717, 1.165) is 6.54 Å². The Labute approximate surface area is 65.5 Å². The number of hydrogen-bond acceptors (Lipinski definition) is 3. The molecule has 2 aliphatic heterocycles. The largest absolute Gasteiger partial charge is 0.308 e. The van der Waals surface area contributed by atoms with Crippen molar-refractivity contribution >= 4 is 16.8 Å². The molecular weight excluding hydrogens is 144 g/mol. The van der Waals surface area contributed by atoms with Crippen LogP contribution in [0.5, 0.6) is 0 Å². The van der Waals surface area contributed by atoms with Crippen molar-refractivity contribution in [3.05, 3.63) is 0 Å². The highest BCUT2D eigenvalue weighted by molar-refractivity contribution is 8.14. The monoisotopic (exact) mass is 156 g/mol. The average molecular weight is 156 g/mol. The molecule has 1 unspecified atom stereocenters. The Morgan fingerprint density at radius 1 is 1.60 bits per heavy atom. The summed E-state index contributed by atoms with van der Waals surface area (Å²) in [6.07, 6.45) is 2.62. The molecule has 0 aromatic heterocycles. The molecule has 1 fully saturated rings. The minimum atomic E-state index is 0.618. The first-order valence-electron chi connectivity index (χ1n) is 3.87. The van der Waals surface area contributed by atoms with E-state index in [2.05, 4.69) is 10.3 Å². The Morgan fingerprint density at radius 2 is 2.60 bits per heavy atom. The van der Waals surface area contributed by atoms with Crippen molar-refractivity contribution in [2.45, 2.75) is 18.9 Å². The van der Waals surface area contributed by atoms with E-state index in [1.807, 2.05) is 11.8 Å². The summed E-state index contributed by atoms with van der Waals surface area (Å²) in [5.74, 6) is 1.20. The van der Waals surface area contributed by atoms with Crippen molar-refractivity contribution in [2.24, 2.45) is 4.99 Å². The van der Waals surface area contributed by atoms with Gasteiger partial charge in [0, 0.05) is 12.3 Å². The van der Waals surface area contributed by atoms with Gasteiger partial charge in [-0.25, -0.2) is 0 Å². The molecule has 2 nitrogen and oxygen atoms in total. The van der Waals surface area contributed by atoms with E-state index in [-0.39, 0.29) is 0 Å². The predicted molar refractivity (Wildman–Crippen MR) is 45.8 cm³/mol. The van der Waals surface area contributed by atoms with Gasteiger partial charge in [-0.15, -0.1) is 11.8 Å². The lowest BCUT2D eigenvalue weighted by atomic mass is 10.2. The van der Waals surface area contributed by atoms with Gasteiger partial charge in [-0.1, -0.05) is 0 Å². The van der Waals surface area contributed by atoms with Gasteiger partial charge < -0.3 is 5.32 Å². The zero-order valence-electron chi connectivity index (χ0n) is 5.97. The smallest absolute Gasteiger partial charge is 0.0846 e. The molecule has 0 radical (unpaired) electrons. The Balaban J connectivity index is 1.97. The third-order valence-corrected chi connectivity index (χ3v) is 3.06. The lowest BCUT2D eigenvalue weighted by Gasteiger charge is -2.07. The van der Waals surface area contributed by atoms with Crippen LogP contribution in [0.1, 0.15) is 12.8 Å². The van der Waals surface area contributed by atoms with Crippen molar-refractivity contribution in [1.82, 2.24) is 5.32 Å². The quantitative estimate of drug-likeness (QED) is 0.609. The van der Waals surface area contributed by atoms with Crippen molar-refractivity contribution in [3.63, 3.8) is 0 Å². The van der Waals surface area contributed by atoms with Crippen LogP contribution in [-0.4, -0.2) is 29.9 Å². The maximum absolute atomic E-state index is 4.43. The summed E-state index contributed by atoms with van der Waals surface area (Å²) in [6.45, 7) is 2.22. The van der Waals surface area contributed by atoms with Crippen LogP contribution in [0.4, 0.5) is 0 Å². The summed E-state index contributed by atoms with van der Waals surface area (Å²) in [7, 11) is 0. The Hall–Kier alpha value is -0.0200. The van der Waals surface area contributed by atoms with Crippen LogP contribution >= 0.6 is 11.8 Å². The Morgan fingerprint density at radius 3 is 3.20 bits per heavy atom. The molecular formula is C7H12N2S. The van der Waals surface area contributed by atoms with Crippen molar-refractivity contribution in [3.8, 4) is 0 Å². The maximum atomic E-state index is 4.43. The molecule has 10 heavy (non-hydrogen) atoms. The molecule has 1 atom stereocenters. The third kappa shape index (κ3) is 1.20. The molecule has 0 spiro atoms. The van der Waals surface area contributed by atoms with E-state index in [0.29, 0.717) is 6.04 Å². The minimum absolute atomic E-state index is 0.618. The predicted octanol–water partition coefficient (Wildman–Crippen LogP) is 0.884. The average Bonchev–Trinajstić information content (AvgIpc) is 2.59. The van der Waals surface area contributed by atoms with Gasteiger partial charge in [-0.3, -0.25) is 4.99 Å². The van der Waals surface area contributed by atoms with E-state index in [4.69, 9.17) is 0 Å². The summed E-state index contributed by atoms with van der Waals surface area (Å²) in [5, 5.41) is 4.81. The fraction of sp³-hybridized carbons (Fsp3) is 0.857. The molecule has 3 heteroatoms. The van der Waals surface area contributed by atoms with Crippen LogP contribution in [0.2, 0.25) is 0 Å². The zero-order chi connectivity index (χ0) is 6.81. The molecule has 56 valence electrons. The third-order valence-electron chi connectivity index (χ3n) is 1.97. The van der Waals surface area contributed by atoms with E-state index in [1.54, 1.807) is 0 Å². The van der Waals surface area contributed by atoms with Crippen molar-refractivity contribution in [2.75, 3.05) is 18.8 Å². The van der Waals surface area contributed by atoms with Crippen LogP contribution in [0.3, 0.4) is 0 Å². The highest BCUT2D eigenvalue weighted by Gasteiger charge is 2.21. The van der Waals surface area contributed by atoms with Crippen molar-refractivity contribution < 1.29 is 0 Å². The molecule has 0 aromatic carbocycles. The van der Waals surface area contributed by atoms with Crippen LogP contribution in [0, 0.1) is 0 Å². The van der Waals surface area contributed by atoms with Gasteiger partial charge in [0.15, 0.2) is 0 Å². The van der Waals surface area contributed by atoms with Gasteiger partial charge in [0.1, 0.15) is 0 Å². The first kappa shape index (κ1) is 6.68. The van der Waals surface area contributed by atoms with Gasteiger partial charge >= 0.3 is 0 Å². The summed E-state index contributed by atoms with van der Waals surface area (Å²) in [4.78, 5) is 4.43. The zero-order valence-corrected chi connectivity index (χ0v) is 6.78. The SMILES string of the molecule is C1CNC(C2=NCCS2)C1. The van der Waals surface area contributed by atoms with Crippen LogP contribution in [0.25, 0.3) is 0 Å². The van der Waals surface area contributed by atoms with E-state index in [9.17, 15) is 0 Å². The molecule has 2 aliphatic rings. The lowest BCUT2D eigenvalue weighted by Crippen LogP contribution is -2.27. The summed E-state index contributed by atoms with van der Waals surface area (Å²) < 4.78 is 0. The Kier molecular flexibility index (Phi) is 1.95. The molecule has 1 N–H and O–H groups in total. The van der Waals surface area contributed by atoms with E-state index in [1.165, 1.54) is 30.2 Å². The van der Waals surface area contributed by atoms with Gasteiger partial charge in [0.05, 0.1) is 11.1 Å². The molecule has 1 saturated heterocycles. The van der Waals surface area contributed by atoms with Gasteiger partial charge in [0.2, 0.25) is 0 Å². The first-order chi connectivity index (χ1) is 4.97. The topological polar surface area (TPSA) is 24.4 Å². The lowest BCUT2D eigenvalue weighted by molar-refractivity contribution is 0.769. The summed E-state index contributed by atoms with van der Waals surface area (Å²) in [6, 6.07) is 0.618. The number of hydrogen-bond donors (Lipinski definition) is 1. The van der Waals surface area contributed by atoms with Gasteiger partial charge in [-0.2, -0.15) is 0 Å². The van der Waals surface area contributed by atoms with E-state index < -0.39 is 0 Å². The molecule has 0 bridgehead atoms. The number of thioether (sulfide) groups is 1. The van der Waals surface area contributed by atoms with Crippen LogP contribution in [0.15, 0.2) is 4.99 Å². The van der Waals surface area contributed by atoms with Gasteiger partial charge in [0.25, 0.3) is 0 Å². The highest BCUT2D eigenvalue weighted by atomic mass is 32.2. The fourth-order valence-corrected chi connectivity index (χ4v) is 2.43. The highest BCUT2D eigenvalue weighted by Crippen LogP contribution is 2.19. The molecule has 2 heterocycles. The van der Waals surface area contributed by atoms with Crippen molar-refractivity contribution in [1.29, 1.82) is 0 Å². The minimum Gasteiger partial charge on any atom is -0.308 e. The van der Waals surface area contributed by atoms with Crippen LogP contribution < -0.4 is 5.32 Å². The Bertz CT molecular complexity index is 150. The summed E-state index contributed by atoms with van der Waals surface area (Å²) in [5.41, 5.74) is 0. The second-order valence-corrected chi connectivity index (χ2v) is 3.83. The normalized spacial score (nSPS) is 32.8. The first-order valence-corrected chi connectivity index (χ1v) is 4.86. The second-order valence-electron chi connectivity index (χ2n) is 2.72. The molecule has 0 aliphatic carbocycles. The fourth-order valence-electron chi connectivity index (χ4n) is 1.46. The standard InChI is InChI=1S/C7H12N2S/c1-2-6(8-3-1)7-9-4-5-10-7/h6,8H,1-5H2. The summed E-state index contributed by atoms with van der Waals surface area (Å²) >= 11 is 1.93. The number of aliphatic imine (C=N–C) groups is 1. The van der Waals surface area contributed by atoms with Crippen LogP contribution in [-0.2, 0) is 0 Å². The van der Waals surface area contributed by atoms with Gasteiger partial charge in [-0.05, 0) is 19.4 Å². The van der Waals surface area contributed by atoms with E-state index >= 15 is 0 Å². The molecule has 0 saturated carbocycles. The number of nitrogens with one attached hydrogen (secondary N) is 1. The molecule has 0 aromatic rings. The number of rotatable bonds is 1. The number of nitrogens with zero attached hydrogens (tertiary/aromatic N) is 1.